The van der Waals surface area contributed by atoms with Gasteiger partial charge in [-0.15, -0.1) is 11.8 Å². The van der Waals surface area contributed by atoms with Gasteiger partial charge in [0.15, 0.2) is 0 Å². The summed E-state index contributed by atoms with van der Waals surface area (Å²) in [5.41, 5.74) is 2.37. The van der Waals surface area contributed by atoms with Gasteiger partial charge >= 0.3 is 0 Å². The van der Waals surface area contributed by atoms with Crippen LogP contribution in [0.2, 0.25) is 0 Å². The van der Waals surface area contributed by atoms with Crippen LogP contribution in [0.3, 0.4) is 0 Å². The summed E-state index contributed by atoms with van der Waals surface area (Å²) in [6.07, 6.45) is 3.97. The molecule has 1 aromatic rings. The van der Waals surface area contributed by atoms with Crippen molar-refractivity contribution in [2.24, 2.45) is 0 Å². The molecule has 0 amide bonds. The predicted molar refractivity (Wildman–Crippen MR) is 79.0 cm³/mol. The van der Waals surface area contributed by atoms with Crippen molar-refractivity contribution in [3.05, 3.63) is 17.5 Å². The molecule has 0 aromatic carbocycles. The Kier molecular flexibility index (Phi) is 4.54. The Morgan fingerprint density at radius 1 is 1.47 bits per heavy atom. The highest BCUT2D eigenvalue weighted by atomic mass is 32.2. The van der Waals surface area contributed by atoms with Gasteiger partial charge in [0, 0.05) is 26.2 Å². The van der Waals surface area contributed by atoms with E-state index in [4.69, 9.17) is 0 Å². The number of hydrogen-bond acceptors (Lipinski definition) is 4. The molecule has 2 heterocycles. The molecule has 0 unspecified atom stereocenters. The third-order valence-corrected chi connectivity index (χ3v) is 5.21. The van der Waals surface area contributed by atoms with Gasteiger partial charge in [-0.1, -0.05) is 0 Å². The first kappa shape index (κ1) is 14.4. The predicted octanol–water partition coefficient (Wildman–Crippen LogP) is 2.43. The van der Waals surface area contributed by atoms with E-state index in [0.717, 1.165) is 44.7 Å². The second-order valence-corrected chi connectivity index (χ2v) is 6.37. The zero-order valence-electron chi connectivity index (χ0n) is 12.0. The van der Waals surface area contributed by atoms with Crippen molar-refractivity contribution in [3.8, 4) is 6.07 Å². The second-order valence-electron chi connectivity index (χ2n) is 5.18. The fraction of sp³-hybridized carbons (Fsp3) is 0.714. The molecule has 0 radical (unpaired) electrons. The molecule has 0 spiro atoms. The van der Waals surface area contributed by atoms with Crippen LogP contribution in [0.15, 0.2) is 6.07 Å². The molecule has 0 N–H and O–H groups in total. The number of rotatable bonds is 4. The molecule has 1 aromatic heterocycles. The Morgan fingerprint density at radius 3 is 2.68 bits per heavy atom. The van der Waals surface area contributed by atoms with Crippen LogP contribution in [0.4, 0.5) is 0 Å². The monoisotopic (exact) mass is 278 g/mol. The lowest BCUT2D eigenvalue weighted by atomic mass is 9.97. The number of hydrogen-bond donors (Lipinski definition) is 0. The maximum absolute atomic E-state index is 9.30. The summed E-state index contributed by atoms with van der Waals surface area (Å²) in [4.78, 5) is 2.44. The highest BCUT2D eigenvalue weighted by molar-refractivity contribution is 8.00. The van der Waals surface area contributed by atoms with Gasteiger partial charge in [0.25, 0.3) is 0 Å². The number of nitrogens with zero attached hydrogens (tertiary/aromatic N) is 4. The van der Waals surface area contributed by atoms with Crippen molar-refractivity contribution >= 4 is 11.8 Å². The zero-order valence-corrected chi connectivity index (χ0v) is 12.8. The van der Waals surface area contributed by atoms with Gasteiger partial charge in [0.05, 0.1) is 17.5 Å². The summed E-state index contributed by atoms with van der Waals surface area (Å²) in [5, 5.41) is 13.8. The Hall–Kier alpha value is -0.990. The minimum Gasteiger partial charge on any atom is -0.297 e. The van der Waals surface area contributed by atoms with E-state index < -0.39 is 0 Å². The molecule has 19 heavy (non-hydrogen) atoms. The zero-order chi connectivity index (χ0) is 13.9. The quantitative estimate of drug-likeness (QED) is 0.848. The summed E-state index contributed by atoms with van der Waals surface area (Å²) in [7, 11) is 0. The van der Waals surface area contributed by atoms with E-state index in [1.807, 2.05) is 13.2 Å². The summed E-state index contributed by atoms with van der Waals surface area (Å²) in [5.74, 6) is 0. The Morgan fingerprint density at radius 2 is 2.16 bits per heavy atom. The van der Waals surface area contributed by atoms with E-state index in [1.165, 1.54) is 5.69 Å². The van der Waals surface area contributed by atoms with Crippen molar-refractivity contribution in [1.29, 1.82) is 5.26 Å². The van der Waals surface area contributed by atoms with Crippen LogP contribution < -0.4 is 0 Å². The SMILES string of the molecule is CCn1nc(C)cc1CN1CCC(C#N)(SC)CC1. The summed E-state index contributed by atoms with van der Waals surface area (Å²) >= 11 is 1.71. The number of piperidine rings is 1. The molecule has 0 saturated carbocycles. The normalized spacial score (nSPS) is 19.3. The van der Waals surface area contributed by atoms with Crippen molar-refractivity contribution in [3.63, 3.8) is 0 Å². The molecule has 4 nitrogen and oxygen atoms in total. The molecule has 0 aliphatic carbocycles. The minimum absolute atomic E-state index is 0.155. The fourth-order valence-electron chi connectivity index (χ4n) is 2.66. The molecular weight excluding hydrogens is 256 g/mol. The van der Waals surface area contributed by atoms with Gasteiger partial charge in [0.2, 0.25) is 0 Å². The van der Waals surface area contributed by atoms with Crippen molar-refractivity contribution < 1.29 is 0 Å². The van der Waals surface area contributed by atoms with Crippen LogP contribution in [-0.2, 0) is 13.1 Å². The highest BCUT2D eigenvalue weighted by Crippen LogP contribution is 2.34. The fourth-order valence-corrected chi connectivity index (χ4v) is 3.35. The lowest BCUT2D eigenvalue weighted by Crippen LogP contribution is -2.41. The number of aryl methyl sites for hydroxylation is 2. The molecule has 104 valence electrons. The first-order valence-corrected chi connectivity index (χ1v) is 8.07. The molecule has 1 saturated heterocycles. The van der Waals surface area contributed by atoms with E-state index in [9.17, 15) is 5.26 Å². The van der Waals surface area contributed by atoms with Gasteiger partial charge in [-0.2, -0.15) is 10.4 Å². The maximum atomic E-state index is 9.30. The molecule has 2 rings (SSSR count). The number of likely N-dealkylation sites (tertiary alicyclic amines) is 1. The van der Waals surface area contributed by atoms with E-state index in [0.29, 0.717) is 0 Å². The van der Waals surface area contributed by atoms with Crippen molar-refractivity contribution in [2.75, 3.05) is 19.3 Å². The van der Waals surface area contributed by atoms with Gasteiger partial charge in [0.1, 0.15) is 4.75 Å². The third kappa shape index (κ3) is 3.13. The van der Waals surface area contributed by atoms with Crippen molar-refractivity contribution in [1.82, 2.24) is 14.7 Å². The molecule has 1 aliphatic rings. The minimum atomic E-state index is -0.155. The first-order valence-electron chi connectivity index (χ1n) is 6.84. The van der Waals surface area contributed by atoms with Crippen LogP contribution in [0, 0.1) is 18.3 Å². The van der Waals surface area contributed by atoms with Crippen LogP contribution in [0.25, 0.3) is 0 Å². The smallest absolute Gasteiger partial charge is 0.104 e. The van der Waals surface area contributed by atoms with E-state index >= 15 is 0 Å². The first-order chi connectivity index (χ1) is 9.12. The van der Waals surface area contributed by atoms with Gasteiger partial charge < -0.3 is 0 Å². The molecule has 5 heteroatoms. The Balaban J connectivity index is 1.98. The lowest BCUT2D eigenvalue weighted by Gasteiger charge is -2.36. The van der Waals surface area contributed by atoms with Gasteiger partial charge in [-0.3, -0.25) is 9.58 Å². The van der Waals surface area contributed by atoms with Crippen LogP contribution in [-0.4, -0.2) is 38.8 Å². The largest absolute Gasteiger partial charge is 0.297 e. The average Bonchev–Trinajstić information content (AvgIpc) is 2.80. The van der Waals surface area contributed by atoms with Gasteiger partial charge in [-0.25, -0.2) is 0 Å². The van der Waals surface area contributed by atoms with E-state index in [1.54, 1.807) is 11.8 Å². The number of nitriles is 1. The topological polar surface area (TPSA) is 44.9 Å². The molecule has 0 bridgehead atoms. The number of thioether (sulfide) groups is 1. The third-order valence-electron chi connectivity index (χ3n) is 3.93. The molecular formula is C14H22N4S. The summed E-state index contributed by atoms with van der Waals surface area (Å²) in [6, 6.07) is 4.67. The standard InChI is InChI=1S/C14H22N4S/c1-4-18-13(9-12(2)16-18)10-17-7-5-14(11-15,19-3)6-8-17/h9H,4-8,10H2,1-3H3. The van der Waals surface area contributed by atoms with Crippen LogP contribution in [0.1, 0.15) is 31.2 Å². The average molecular weight is 278 g/mol. The summed E-state index contributed by atoms with van der Waals surface area (Å²) in [6.45, 7) is 8.04. The van der Waals surface area contributed by atoms with E-state index in [-0.39, 0.29) is 4.75 Å². The maximum Gasteiger partial charge on any atom is 0.104 e. The molecule has 0 atom stereocenters. The molecule has 1 fully saturated rings. The van der Waals surface area contributed by atoms with E-state index in [2.05, 4.69) is 33.7 Å². The molecule has 1 aliphatic heterocycles. The Labute approximate surface area is 119 Å². The Bertz CT molecular complexity index is 466. The highest BCUT2D eigenvalue weighted by Gasteiger charge is 2.33. The van der Waals surface area contributed by atoms with Crippen LogP contribution in [0.5, 0.6) is 0 Å². The number of aromatic nitrogens is 2. The van der Waals surface area contributed by atoms with Crippen LogP contribution >= 0.6 is 11.8 Å². The van der Waals surface area contributed by atoms with Gasteiger partial charge in [-0.05, 0) is 39.0 Å². The summed E-state index contributed by atoms with van der Waals surface area (Å²) < 4.78 is 1.92. The second kappa shape index (κ2) is 5.98. The van der Waals surface area contributed by atoms with Crippen molar-refractivity contribution in [2.45, 2.75) is 44.5 Å². The lowest BCUT2D eigenvalue weighted by molar-refractivity contribution is 0.204.